The van der Waals surface area contributed by atoms with Crippen LogP contribution in [0.3, 0.4) is 0 Å². The zero-order chi connectivity index (χ0) is 60.3. The highest BCUT2D eigenvalue weighted by atomic mass is 32.2. The molecule has 462 valence electrons. The van der Waals surface area contributed by atoms with E-state index in [1.165, 1.54) is 69.0 Å². The molecule has 2 heterocycles. The van der Waals surface area contributed by atoms with Gasteiger partial charge in [0.05, 0.1) is 53.3 Å². The number of benzene rings is 4. The second kappa shape index (κ2) is 34.5. The van der Waals surface area contributed by atoms with Crippen LogP contribution in [-0.2, 0) is 71.0 Å². The third-order valence-corrected chi connectivity index (χ3v) is 15.7. The first-order chi connectivity index (χ1) is 39.5. The number of nitrogens with zero attached hydrogens (tertiary/aromatic N) is 1. The molecule has 4 atom stereocenters. The standard InChI is InChI=1S/C28H40N2O8S.C15H21NO3.C13H19NO5S.C4H8O/c1-28(2,3)37-27(32)29-25(18-21-10-6-5-7-11-21)26(31)19-30(38-23-12-8-9-13-23)39(33,34)24-16-14-22(15-17-24)36-20-35-4;1-15(2,3)19-14(17)16-12(13-10-18-13)9-11-7-5-4-6-8-11;1-17-10-18-11-6-8-13(9-7-11)20(15,16)14-19-12-4-2-3-5-12;1-2-4-5-3-1/h5-7,10-11,14-17,23,25-26,31H,8-9,12-13,18-20H2,1-4H3,(H,29,32);4-8,12-13H,9-10H2,1-3H3,(H,16,17);6-9,12,14H,2-5,10H2,1H3;1-4H2/t25-,26+;12-,13?;;/m00../s1. The molecule has 2 aliphatic carbocycles. The van der Waals surface area contributed by atoms with Crippen molar-refractivity contribution in [3.05, 3.63) is 120 Å². The highest BCUT2D eigenvalue weighted by Gasteiger charge is 2.37. The van der Waals surface area contributed by atoms with Crippen LogP contribution in [0.15, 0.2) is 119 Å². The van der Waals surface area contributed by atoms with Crippen molar-refractivity contribution >= 4 is 32.2 Å². The summed E-state index contributed by atoms with van der Waals surface area (Å²) in [6.45, 7) is 13.2. The number of aliphatic hydroxyl groups is 1. The first-order valence-electron chi connectivity index (χ1n) is 28.3. The lowest BCUT2D eigenvalue weighted by Gasteiger charge is -2.31. The van der Waals surface area contributed by atoms with E-state index in [4.69, 9.17) is 47.6 Å². The van der Waals surface area contributed by atoms with Crippen LogP contribution in [0.5, 0.6) is 11.5 Å². The van der Waals surface area contributed by atoms with Crippen molar-refractivity contribution < 1.29 is 79.1 Å². The van der Waals surface area contributed by atoms with Gasteiger partial charge in [0, 0.05) is 27.4 Å². The van der Waals surface area contributed by atoms with Crippen molar-refractivity contribution in [3.63, 3.8) is 0 Å². The maximum atomic E-state index is 13.7. The average Bonchev–Trinajstić information content (AvgIpc) is 4.00. The van der Waals surface area contributed by atoms with Gasteiger partial charge in [0.2, 0.25) is 0 Å². The number of hydrogen-bond acceptors (Lipinski definition) is 17. The Morgan fingerprint density at radius 1 is 0.627 bits per heavy atom. The molecule has 8 rings (SSSR count). The molecule has 0 aromatic heterocycles. The van der Waals surface area contributed by atoms with Crippen LogP contribution in [0.4, 0.5) is 9.59 Å². The maximum Gasteiger partial charge on any atom is 0.407 e. The maximum absolute atomic E-state index is 13.7. The van der Waals surface area contributed by atoms with Crippen LogP contribution >= 0.6 is 0 Å². The normalized spacial score (nSPS) is 17.5. The number of aliphatic hydroxyl groups excluding tert-OH is 1. The van der Waals surface area contributed by atoms with Crippen molar-refractivity contribution in [1.29, 1.82) is 0 Å². The van der Waals surface area contributed by atoms with Crippen LogP contribution in [0, 0.1) is 0 Å². The molecular formula is C60H88N4O17S2. The summed E-state index contributed by atoms with van der Waals surface area (Å²) >= 11 is 0. The molecule has 23 heteroatoms. The number of nitrogens with one attached hydrogen (secondary N) is 3. The minimum absolute atomic E-state index is 0.0165. The highest BCUT2D eigenvalue weighted by Crippen LogP contribution is 2.28. The largest absolute Gasteiger partial charge is 0.468 e. The molecule has 1 unspecified atom stereocenters. The number of epoxide rings is 1. The van der Waals surface area contributed by atoms with Crippen molar-refractivity contribution in [2.24, 2.45) is 0 Å². The number of hydroxylamine groups is 1. The van der Waals surface area contributed by atoms with Gasteiger partial charge < -0.3 is 53.6 Å². The van der Waals surface area contributed by atoms with Gasteiger partial charge in [-0.3, -0.25) is 9.68 Å². The number of sulfonamides is 2. The number of carbonyl (C=O) groups excluding carboxylic acids is 2. The van der Waals surface area contributed by atoms with Crippen molar-refractivity contribution in [1.82, 2.24) is 20.0 Å². The second-order valence-electron chi connectivity index (χ2n) is 22.3. The molecule has 2 amide bonds. The lowest BCUT2D eigenvalue weighted by molar-refractivity contribution is -0.145. The molecule has 21 nitrogen and oxygen atoms in total. The van der Waals surface area contributed by atoms with Crippen LogP contribution in [-0.4, -0.2) is 140 Å². The molecule has 2 saturated heterocycles. The number of methoxy groups -OCH3 is 2. The van der Waals surface area contributed by atoms with E-state index < -0.39 is 56.0 Å². The number of rotatable bonds is 24. The molecule has 4 N–H and O–H groups in total. The summed E-state index contributed by atoms with van der Waals surface area (Å²) in [5.41, 5.74) is 0.813. The van der Waals surface area contributed by atoms with E-state index in [1.807, 2.05) is 81.4 Å². The van der Waals surface area contributed by atoms with Gasteiger partial charge in [-0.2, -0.15) is 0 Å². The van der Waals surface area contributed by atoms with Gasteiger partial charge >= 0.3 is 12.2 Å². The van der Waals surface area contributed by atoms with Gasteiger partial charge in [-0.25, -0.2) is 26.4 Å². The smallest absolute Gasteiger partial charge is 0.407 e. The molecule has 2 aliphatic heterocycles. The fourth-order valence-electron chi connectivity index (χ4n) is 8.63. The SMILES string of the molecule is C1CCOC1.CC(C)(C)OC(=O)N[C@@H](Cc1ccccc1)C1CO1.COCOc1ccc(S(=O)(=O)N(C[C@@H](O)[C@H](Cc2ccccc2)NC(=O)OC(C)(C)C)OC2CCCC2)cc1.COCOc1ccc(S(=O)(=O)NOC2CCCC2)cc1. The first kappa shape index (κ1) is 68.3. The molecule has 83 heavy (non-hydrogen) atoms. The van der Waals surface area contributed by atoms with Crippen molar-refractivity contribution in [3.8, 4) is 11.5 Å². The Hall–Kier alpha value is -5.44. The number of amides is 2. The fourth-order valence-corrected chi connectivity index (χ4v) is 10.8. The second-order valence-corrected chi connectivity index (χ2v) is 25.8. The van der Waals surface area contributed by atoms with E-state index in [2.05, 4.69) is 15.5 Å². The van der Waals surface area contributed by atoms with E-state index in [1.54, 1.807) is 32.9 Å². The predicted molar refractivity (Wildman–Crippen MR) is 311 cm³/mol. The van der Waals surface area contributed by atoms with Crippen LogP contribution < -0.4 is 25.0 Å². The van der Waals surface area contributed by atoms with Gasteiger partial charge in [-0.1, -0.05) is 95.7 Å². The molecular weight excluding hydrogens is 1110 g/mol. The molecule has 4 aromatic rings. The lowest BCUT2D eigenvalue weighted by atomic mass is 10.0. The molecule has 4 fully saturated rings. The summed E-state index contributed by atoms with van der Waals surface area (Å²) in [6.07, 6.45) is 8.22. The third kappa shape index (κ3) is 26.6. The Kier molecular flexibility index (Phi) is 28.4. The first-order valence-corrected chi connectivity index (χ1v) is 31.2. The van der Waals surface area contributed by atoms with E-state index >= 15 is 0 Å². The van der Waals surface area contributed by atoms with E-state index in [0.717, 1.165) is 81.0 Å². The monoisotopic (exact) mass is 1200 g/mol. The fraction of sp³-hybridized carbons (Fsp3) is 0.567. The summed E-state index contributed by atoms with van der Waals surface area (Å²) in [5, 5.41) is 16.9. The number of ether oxygens (including phenoxy) is 8. The Balaban J connectivity index is 0.000000238. The minimum atomic E-state index is -4.16. The zero-order valence-electron chi connectivity index (χ0n) is 49.3. The summed E-state index contributed by atoms with van der Waals surface area (Å²) in [6, 6.07) is 30.4. The molecule has 4 aliphatic rings. The predicted octanol–water partition coefficient (Wildman–Crippen LogP) is 9.17. The number of carbonyl (C=O) groups is 2. The Morgan fingerprint density at radius 3 is 1.53 bits per heavy atom. The van der Waals surface area contributed by atoms with Crippen LogP contribution in [0.25, 0.3) is 0 Å². The summed E-state index contributed by atoms with van der Waals surface area (Å²) in [5.74, 6) is 0.992. The number of alkyl carbamates (subject to hydrolysis) is 2. The Morgan fingerprint density at radius 2 is 1.08 bits per heavy atom. The summed E-state index contributed by atoms with van der Waals surface area (Å²) in [4.78, 5) is 37.9. The van der Waals surface area contributed by atoms with Gasteiger partial charge in [0.1, 0.15) is 28.8 Å². The number of hydrogen-bond donors (Lipinski definition) is 4. The van der Waals surface area contributed by atoms with Crippen LogP contribution in [0.1, 0.15) is 117 Å². The van der Waals surface area contributed by atoms with Gasteiger partial charge in [-0.05, 0) is 153 Å². The van der Waals surface area contributed by atoms with E-state index in [-0.39, 0.29) is 60.2 Å². The van der Waals surface area contributed by atoms with Gasteiger partial charge in [0.25, 0.3) is 20.0 Å². The van der Waals surface area contributed by atoms with E-state index in [9.17, 15) is 31.5 Å². The summed E-state index contributed by atoms with van der Waals surface area (Å²) < 4.78 is 93.4. The zero-order valence-corrected chi connectivity index (χ0v) is 51.0. The van der Waals surface area contributed by atoms with Gasteiger partial charge in [0.15, 0.2) is 13.6 Å². The topological polar surface area (TPSA) is 258 Å². The minimum Gasteiger partial charge on any atom is -0.468 e. The quantitative estimate of drug-likeness (QED) is 0.0290. The lowest BCUT2D eigenvalue weighted by Crippen LogP contribution is -2.51. The van der Waals surface area contributed by atoms with Gasteiger partial charge in [-0.15, -0.1) is 0 Å². The van der Waals surface area contributed by atoms with Crippen molar-refractivity contribution in [2.45, 2.75) is 176 Å². The molecule has 0 spiro atoms. The van der Waals surface area contributed by atoms with E-state index in [0.29, 0.717) is 18.1 Å². The molecule has 0 bridgehead atoms. The Bertz CT molecular complexity index is 2690. The Labute approximate surface area is 491 Å². The third-order valence-electron chi connectivity index (χ3n) is 12.8. The molecule has 2 saturated carbocycles. The summed E-state index contributed by atoms with van der Waals surface area (Å²) in [7, 11) is -4.80. The molecule has 4 aromatic carbocycles. The highest BCUT2D eigenvalue weighted by molar-refractivity contribution is 7.89. The van der Waals surface area contributed by atoms with Crippen LogP contribution in [0.2, 0.25) is 0 Å². The molecule has 0 radical (unpaired) electrons. The van der Waals surface area contributed by atoms with Crippen molar-refractivity contribution in [2.75, 3.05) is 54.2 Å². The average molecular weight is 1200 g/mol.